The maximum Gasteiger partial charge on any atom is 0.218 e. The van der Waals surface area contributed by atoms with E-state index < -0.39 is 0 Å². The second kappa shape index (κ2) is 2.57. The summed E-state index contributed by atoms with van der Waals surface area (Å²) in [5.41, 5.74) is 0. The Labute approximate surface area is 70.1 Å². The van der Waals surface area contributed by atoms with E-state index in [0.29, 0.717) is 12.2 Å². The summed E-state index contributed by atoms with van der Waals surface area (Å²) in [6.07, 6.45) is 0.475. The van der Waals surface area contributed by atoms with Gasteiger partial charge in [0.2, 0.25) is 5.82 Å². The lowest BCUT2D eigenvalue weighted by molar-refractivity contribution is 0.0792. The van der Waals surface area contributed by atoms with E-state index in [-0.39, 0.29) is 6.10 Å². The fourth-order valence-corrected chi connectivity index (χ4v) is 1.17. The Bertz CT molecular complexity index is 270. The van der Waals surface area contributed by atoms with Gasteiger partial charge in [0.05, 0.1) is 0 Å². The van der Waals surface area contributed by atoms with E-state index in [4.69, 9.17) is 4.84 Å². The highest BCUT2D eigenvalue weighted by Crippen LogP contribution is 2.25. The number of aromatic amines is 1. The van der Waals surface area contributed by atoms with Crippen molar-refractivity contribution >= 4 is 20.6 Å². The van der Waals surface area contributed by atoms with Gasteiger partial charge in [0.1, 0.15) is 4.62 Å². The van der Waals surface area contributed by atoms with Gasteiger partial charge in [-0.1, -0.05) is 10.4 Å². The summed E-state index contributed by atoms with van der Waals surface area (Å²) in [6, 6.07) is 0. The number of hydrogen-bond acceptors (Lipinski definition) is 5. The average Bonchev–Trinajstić information content (AvgIpc) is 2.55. The zero-order valence-electron chi connectivity index (χ0n) is 5.36. The van der Waals surface area contributed by atoms with Crippen molar-refractivity contribution in [2.75, 3.05) is 0 Å². The van der Waals surface area contributed by atoms with Crippen LogP contribution in [0, 0.1) is 0 Å². The van der Waals surface area contributed by atoms with Crippen molar-refractivity contribution < 1.29 is 4.84 Å². The van der Waals surface area contributed by atoms with Crippen molar-refractivity contribution in [3.05, 3.63) is 5.82 Å². The lowest BCUT2D eigenvalue weighted by atomic mass is 10.3. The Morgan fingerprint density at radius 3 is 3.09 bits per heavy atom. The molecule has 1 atom stereocenters. The summed E-state index contributed by atoms with van der Waals surface area (Å²) in [5, 5.41) is 17.0. The summed E-state index contributed by atoms with van der Waals surface area (Å²) in [7, 11) is 0. The van der Waals surface area contributed by atoms with Crippen LogP contribution in [0.3, 0.4) is 0 Å². The first-order valence-electron chi connectivity index (χ1n) is 2.98. The van der Waals surface area contributed by atoms with Crippen molar-refractivity contribution in [1.29, 1.82) is 0 Å². The molecular formula is C4H4BrN5O. The van der Waals surface area contributed by atoms with Gasteiger partial charge in [0, 0.05) is 6.42 Å². The molecule has 2 heterocycles. The van der Waals surface area contributed by atoms with Crippen molar-refractivity contribution in [3.8, 4) is 0 Å². The molecule has 1 aliphatic heterocycles. The Kier molecular flexibility index (Phi) is 1.57. The Morgan fingerprint density at radius 2 is 2.55 bits per heavy atom. The molecule has 11 heavy (non-hydrogen) atoms. The molecule has 1 aliphatic rings. The van der Waals surface area contributed by atoms with Crippen LogP contribution >= 0.6 is 15.9 Å². The number of nitrogens with one attached hydrogen (secondary N) is 1. The summed E-state index contributed by atoms with van der Waals surface area (Å²) >= 11 is 3.20. The quantitative estimate of drug-likeness (QED) is 0.738. The van der Waals surface area contributed by atoms with Gasteiger partial charge in [-0.25, -0.2) is 0 Å². The molecule has 0 bridgehead atoms. The molecule has 1 N–H and O–H groups in total. The van der Waals surface area contributed by atoms with Crippen molar-refractivity contribution in [2.24, 2.45) is 5.16 Å². The molecule has 58 valence electrons. The lowest BCUT2D eigenvalue weighted by Gasteiger charge is -1.98. The smallest absolute Gasteiger partial charge is 0.218 e. The zero-order valence-corrected chi connectivity index (χ0v) is 6.95. The van der Waals surface area contributed by atoms with Gasteiger partial charge in [-0.15, -0.1) is 10.2 Å². The van der Waals surface area contributed by atoms with Crippen LogP contribution in [0.5, 0.6) is 0 Å². The monoisotopic (exact) mass is 217 g/mol. The molecular weight excluding hydrogens is 214 g/mol. The van der Waals surface area contributed by atoms with Crippen molar-refractivity contribution in [1.82, 2.24) is 20.6 Å². The van der Waals surface area contributed by atoms with Crippen LogP contribution in [0.25, 0.3) is 0 Å². The van der Waals surface area contributed by atoms with Crippen LogP contribution in [0.15, 0.2) is 5.16 Å². The predicted octanol–water partition coefficient (Wildman–Crippen LogP) is 0.369. The molecule has 1 aromatic heterocycles. The van der Waals surface area contributed by atoms with Gasteiger partial charge in [-0.3, -0.25) is 0 Å². The number of oxime groups is 1. The summed E-state index contributed by atoms with van der Waals surface area (Å²) in [5.74, 6) is 0.531. The number of aromatic nitrogens is 4. The second-order valence-electron chi connectivity index (χ2n) is 2.04. The van der Waals surface area contributed by atoms with Crippen LogP contribution in [0.4, 0.5) is 0 Å². The SMILES string of the molecule is BrC1=NOC(c2nn[nH]n2)C1. The van der Waals surface area contributed by atoms with Crippen molar-refractivity contribution in [2.45, 2.75) is 12.5 Å². The second-order valence-corrected chi connectivity index (χ2v) is 2.95. The third-order valence-corrected chi connectivity index (χ3v) is 1.75. The molecule has 0 saturated carbocycles. The molecule has 0 saturated heterocycles. The molecule has 0 amide bonds. The largest absolute Gasteiger partial charge is 0.383 e. The van der Waals surface area contributed by atoms with E-state index in [1.807, 2.05) is 0 Å². The number of halogens is 1. The van der Waals surface area contributed by atoms with E-state index >= 15 is 0 Å². The molecule has 0 aliphatic carbocycles. The predicted molar refractivity (Wildman–Crippen MR) is 39.0 cm³/mol. The third kappa shape index (κ3) is 1.23. The van der Waals surface area contributed by atoms with Crippen LogP contribution < -0.4 is 0 Å². The number of nitrogens with zero attached hydrogens (tertiary/aromatic N) is 4. The van der Waals surface area contributed by atoms with Gasteiger partial charge < -0.3 is 4.84 Å². The third-order valence-electron chi connectivity index (χ3n) is 1.28. The van der Waals surface area contributed by atoms with Gasteiger partial charge in [-0.05, 0) is 15.9 Å². The summed E-state index contributed by atoms with van der Waals surface area (Å²) < 4.78 is 0.771. The Morgan fingerprint density at radius 1 is 1.64 bits per heavy atom. The molecule has 7 heteroatoms. The lowest BCUT2D eigenvalue weighted by Crippen LogP contribution is -1.99. The molecule has 0 aromatic carbocycles. The van der Waals surface area contributed by atoms with Gasteiger partial charge in [0.15, 0.2) is 6.10 Å². The standard InChI is InChI=1S/C4H4BrN5O/c5-3-1-2(11-8-3)4-6-9-10-7-4/h2H,1H2,(H,6,7,9,10). The first-order valence-corrected chi connectivity index (χ1v) is 3.77. The molecule has 0 radical (unpaired) electrons. The summed E-state index contributed by atoms with van der Waals surface area (Å²) in [4.78, 5) is 4.97. The van der Waals surface area contributed by atoms with E-state index in [1.54, 1.807) is 0 Å². The van der Waals surface area contributed by atoms with Crippen LogP contribution in [-0.2, 0) is 4.84 Å². The molecule has 0 spiro atoms. The number of rotatable bonds is 1. The highest BCUT2D eigenvalue weighted by molar-refractivity contribution is 9.18. The Hall–Kier alpha value is -0.980. The average molecular weight is 218 g/mol. The summed E-state index contributed by atoms with van der Waals surface area (Å²) in [6.45, 7) is 0. The molecule has 6 nitrogen and oxygen atoms in total. The number of hydrogen-bond donors (Lipinski definition) is 1. The van der Waals surface area contributed by atoms with Gasteiger partial charge in [-0.2, -0.15) is 5.21 Å². The van der Waals surface area contributed by atoms with Crippen LogP contribution in [0.1, 0.15) is 18.3 Å². The van der Waals surface area contributed by atoms with Gasteiger partial charge >= 0.3 is 0 Å². The fraction of sp³-hybridized carbons (Fsp3) is 0.500. The van der Waals surface area contributed by atoms with E-state index in [9.17, 15) is 0 Å². The van der Waals surface area contributed by atoms with Gasteiger partial charge in [0.25, 0.3) is 0 Å². The number of H-pyrrole nitrogens is 1. The van der Waals surface area contributed by atoms with E-state index in [0.717, 1.165) is 4.62 Å². The highest BCUT2D eigenvalue weighted by atomic mass is 79.9. The van der Waals surface area contributed by atoms with E-state index in [2.05, 4.69) is 41.7 Å². The van der Waals surface area contributed by atoms with Crippen molar-refractivity contribution in [3.63, 3.8) is 0 Å². The number of tetrazole rings is 1. The fourth-order valence-electron chi connectivity index (χ4n) is 0.793. The first kappa shape index (κ1) is 6.71. The molecule has 0 fully saturated rings. The maximum atomic E-state index is 4.97. The topological polar surface area (TPSA) is 76.1 Å². The zero-order chi connectivity index (χ0) is 7.68. The minimum atomic E-state index is -0.192. The minimum absolute atomic E-state index is 0.192. The highest BCUT2D eigenvalue weighted by Gasteiger charge is 2.24. The maximum absolute atomic E-state index is 4.97. The minimum Gasteiger partial charge on any atom is -0.383 e. The van der Waals surface area contributed by atoms with Crippen LogP contribution in [-0.4, -0.2) is 25.2 Å². The van der Waals surface area contributed by atoms with Crippen LogP contribution in [0.2, 0.25) is 0 Å². The molecule has 1 unspecified atom stereocenters. The normalized spacial score (nSPS) is 23.0. The molecule has 2 rings (SSSR count). The Balaban J connectivity index is 2.11. The molecule has 1 aromatic rings. The van der Waals surface area contributed by atoms with E-state index in [1.165, 1.54) is 0 Å². The first-order chi connectivity index (χ1) is 5.36.